The molecule has 19 heavy (non-hydrogen) atoms. The van der Waals surface area contributed by atoms with Crippen LogP contribution in [-0.4, -0.2) is 5.11 Å². The summed E-state index contributed by atoms with van der Waals surface area (Å²) in [5, 5.41) is 11.3. The molecule has 0 radical (unpaired) electrons. The zero-order chi connectivity index (χ0) is 14.3. The van der Waals surface area contributed by atoms with Gasteiger partial charge in [-0.2, -0.15) is 0 Å². The summed E-state index contributed by atoms with van der Waals surface area (Å²) < 4.78 is 13.3. The minimum Gasteiger partial charge on any atom is -0.385 e. The fourth-order valence-electron chi connectivity index (χ4n) is 3.74. The van der Waals surface area contributed by atoms with Gasteiger partial charge in [0, 0.05) is 0 Å². The molecule has 0 spiro atoms. The van der Waals surface area contributed by atoms with Crippen molar-refractivity contribution in [3.05, 3.63) is 35.1 Å². The average molecular weight is 264 g/mol. The number of benzene rings is 1. The summed E-state index contributed by atoms with van der Waals surface area (Å²) >= 11 is 0. The van der Waals surface area contributed by atoms with Gasteiger partial charge in [0.15, 0.2) is 0 Å². The maximum atomic E-state index is 13.3. The van der Waals surface area contributed by atoms with E-state index in [0.717, 1.165) is 30.4 Å². The number of aryl methyl sites for hydroxylation is 1. The first-order valence-corrected chi connectivity index (χ1v) is 7.24. The Labute approximate surface area is 115 Å². The van der Waals surface area contributed by atoms with Gasteiger partial charge in [-0.15, -0.1) is 0 Å². The topological polar surface area (TPSA) is 20.2 Å². The van der Waals surface area contributed by atoms with E-state index in [2.05, 4.69) is 20.8 Å². The Bertz CT molecular complexity index is 461. The second-order valence-electron chi connectivity index (χ2n) is 7.05. The van der Waals surface area contributed by atoms with Crippen molar-refractivity contribution in [1.29, 1.82) is 0 Å². The molecule has 106 valence electrons. The van der Waals surface area contributed by atoms with Crippen LogP contribution in [0.1, 0.15) is 57.6 Å². The van der Waals surface area contributed by atoms with Crippen LogP contribution < -0.4 is 0 Å². The number of hydrogen-bond acceptors (Lipinski definition) is 1. The van der Waals surface area contributed by atoms with Crippen LogP contribution in [0.3, 0.4) is 0 Å². The molecule has 2 unspecified atom stereocenters. The highest BCUT2D eigenvalue weighted by Gasteiger charge is 2.46. The molecule has 0 heterocycles. The van der Waals surface area contributed by atoms with Crippen molar-refractivity contribution in [2.24, 2.45) is 11.3 Å². The zero-order valence-electron chi connectivity index (χ0n) is 12.5. The molecule has 0 saturated heterocycles. The van der Waals surface area contributed by atoms with Crippen molar-refractivity contribution < 1.29 is 9.50 Å². The van der Waals surface area contributed by atoms with Gasteiger partial charge in [0.25, 0.3) is 0 Å². The molecule has 2 atom stereocenters. The lowest BCUT2D eigenvalue weighted by Crippen LogP contribution is -2.45. The first-order valence-electron chi connectivity index (χ1n) is 7.24. The van der Waals surface area contributed by atoms with Crippen molar-refractivity contribution in [2.45, 2.75) is 59.0 Å². The fraction of sp³-hybridized carbons (Fsp3) is 0.647. The molecule has 1 aromatic carbocycles. The largest absolute Gasteiger partial charge is 0.385 e. The van der Waals surface area contributed by atoms with Gasteiger partial charge < -0.3 is 5.11 Å². The average Bonchev–Trinajstić information content (AvgIpc) is 2.27. The van der Waals surface area contributed by atoms with Crippen LogP contribution in [0.4, 0.5) is 4.39 Å². The van der Waals surface area contributed by atoms with Gasteiger partial charge in [0.2, 0.25) is 0 Å². The van der Waals surface area contributed by atoms with E-state index in [4.69, 9.17) is 0 Å². The van der Waals surface area contributed by atoms with E-state index in [-0.39, 0.29) is 17.2 Å². The molecule has 1 fully saturated rings. The molecular formula is C17H25FO. The predicted molar refractivity (Wildman–Crippen MR) is 76.4 cm³/mol. The van der Waals surface area contributed by atoms with Crippen LogP contribution in [0.2, 0.25) is 0 Å². The molecule has 1 N–H and O–H groups in total. The van der Waals surface area contributed by atoms with E-state index in [1.54, 1.807) is 6.07 Å². The molecule has 1 saturated carbocycles. The lowest BCUT2D eigenvalue weighted by atomic mass is 9.61. The van der Waals surface area contributed by atoms with Gasteiger partial charge in [-0.05, 0) is 54.4 Å². The van der Waals surface area contributed by atoms with Gasteiger partial charge in [-0.1, -0.05) is 39.7 Å². The molecule has 1 aromatic rings. The summed E-state index contributed by atoms with van der Waals surface area (Å²) in [5.41, 5.74) is 1.01. The second kappa shape index (κ2) is 4.90. The summed E-state index contributed by atoms with van der Waals surface area (Å²) in [5.74, 6) is -0.00845. The van der Waals surface area contributed by atoms with Crippen molar-refractivity contribution in [2.75, 3.05) is 0 Å². The third-order valence-corrected chi connectivity index (χ3v) is 4.58. The van der Waals surface area contributed by atoms with Crippen molar-refractivity contribution in [3.63, 3.8) is 0 Å². The minimum absolute atomic E-state index is 0.0516. The highest BCUT2D eigenvalue weighted by atomic mass is 19.1. The van der Waals surface area contributed by atoms with E-state index in [1.807, 2.05) is 6.92 Å². The Kier molecular flexibility index (Phi) is 3.74. The molecule has 2 rings (SSSR count). The quantitative estimate of drug-likeness (QED) is 0.788. The smallest absolute Gasteiger partial charge is 0.123 e. The van der Waals surface area contributed by atoms with E-state index in [0.29, 0.717) is 0 Å². The monoisotopic (exact) mass is 264 g/mol. The summed E-state index contributed by atoms with van der Waals surface area (Å²) in [6.07, 6.45) is 4.03. The summed E-state index contributed by atoms with van der Waals surface area (Å²) in [7, 11) is 0. The van der Waals surface area contributed by atoms with Crippen LogP contribution in [0.5, 0.6) is 0 Å². The SMILES string of the molecule is Cc1cc(F)ccc1C1(O)CCCCC1C(C)(C)C. The third-order valence-electron chi connectivity index (χ3n) is 4.58. The molecule has 0 amide bonds. The number of halogens is 1. The molecule has 1 nitrogen and oxygen atoms in total. The van der Waals surface area contributed by atoms with Gasteiger partial charge in [0.1, 0.15) is 5.82 Å². The molecule has 0 aliphatic heterocycles. The standard InChI is InChI=1S/C17H25FO/c1-12-11-13(18)8-9-14(12)17(19)10-6-5-7-15(17)16(2,3)4/h8-9,11,15,19H,5-7,10H2,1-4H3. The van der Waals surface area contributed by atoms with E-state index >= 15 is 0 Å². The zero-order valence-corrected chi connectivity index (χ0v) is 12.5. The van der Waals surface area contributed by atoms with Gasteiger partial charge in [-0.3, -0.25) is 0 Å². The van der Waals surface area contributed by atoms with Crippen LogP contribution in [0.25, 0.3) is 0 Å². The Morgan fingerprint density at radius 1 is 1.26 bits per heavy atom. The second-order valence-corrected chi connectivity index (χ2v) is 7.05. The first kappa shape index (κ1) is 14.5. The molecule has 1 aliphatic carbocycles. The normalized spacial score (nSPS) is 28.4. The lowest BCUT2D eigenvalue weighted by Gasteiger charge is -2.47. The number of hydrogen-bond donors (Lipinski definition) is 1. The van der Waals surface area contributed by atoms with Crippen LogP contribution in [-0.2, 0) is 5.60 Å². The van der Waals surface area contributed by atoms with Crippen LogP contribution in [0, 0.1) is 24.1 Å². The molecule has 0 bridgehead atoms. The van der Waals surface area contributed by atoms with Gasteiger partial charge in [-0.25, -0.2) is 4.39 Å². The van der Waals surface area contributed by atoms with Gasteiger partial charge in [0.05, 0.1) is 5.60 Å². The molecule has 2 heteroatoms. The molecular weight excluding hydrogens is 239 g/mol. The van der Waals surface area contributed by atoms with Crippen molar-refractivity contribution >= 4 is 0 Å². The highest BCUT2D eigenvalue weighted by molar-refractivity contribution is 5.33. The molecule has 1 aliphatic rings. The molecule has 0 aromatic heterocycles. The summed E-state index contributed by atoms with van der Waals surface area (Å²) in [6, 6.07) is 4.77. The predicted octanol–water partition coefficient (Wildman–Crippen LogP) is 4.56. The van der Waals surface area contributed by atoms with E-state index in [9.17, 15) is 9.50 Å². The van der Waals surface area contributed by atoms with Crippen LogP contribution in [0.15, 0.2) is 18.2 Å². The Morgan fingerprint density at radius 3 is 2.53 bits per heavy atom. The number of rotatable bonds is 1. The maximum absolute atomic E-state index is 13.3. The summed E-state index contributed by atoms with van der Waals surface area (Å²) in [4.78, 5) is 0. The Morgan fingerprint density at radius 2 is 1.95 bits per heavy atom. The fourth-order valence-corrected chi connectivity index (χ4v) is 3.74. The summed E-state index contributed by atoms with van der Waals surface area (Å²) in [6.45, 7) is 8.46. The lowest BCUT2D eigenvalue weighted by molar-refractivity contribution is -0.0963. The third kappa shape index (κ3) is 2.69. The first-order chi connectivity index (χ1) is 8.75. The van der Waals surface area contributed by atoms with Crippen molar-refractivity contribution in [3.8, 4) is 0 Å². The van der Waals surface area contributed by atoms with Crippen molar-refractivity contribution in [1.82, 2.24) is 0 Å². The number of aliphatic hydroxyl groups is 1. The van der Waals surface area contributed by atoms with Crippen LogP contribution >= 0.6 is 0 Å². The minimum atomic E-state index is -0.811. The Balaban J connectivity index is 2.48. The van der Waals surface area contributed by atoms with E-state index in [1.165, 1.54) is 18.6 Å². The van der Waals surface area contributed by atoms with E-state index < -0.39 is 5.60 Å². The Hall–Kier alpha value is -0.890. The highest BCUT2D eigenvalue weighted by Crippen LogP contribution is 2.50. The maximum Gasteiger partial charge on any atom is 0.123 e. The van der Waals surface area contributed by atoms with Gasteiger partial charge >= 0.3 is 0 Å².